The molecule has 0 saturated heterocycles. The number of benzene rings is 2. The van der Waals surface area contributed by atoms with Crippen molar-refractivity contribution >= 4 is 11.5 Å². The molecular formula is C14H13NO. The number of nitrogens with two attached hydrogens (primary N) is 1. The third-order valence-corrected chi connectivity index (χ3v) is 2.49. The van der Waals surface area contributed by atoms with Crippen molar-refractivity contribution < 1.29 is 4.79 Å². The highest BCUT2D eigenvalue weighted by Gasteiger charge is 2.11. The summed E-state index contributed by atoms with van der Waals surface area (Å²) in [7, 11) is 0. The quantitative estimate of drug-likeness (QED) is 0.613. The first-order valence-electron chi connectivity index (χ1n) is 5.14. The van der Waals surface area contributed by atoms with E-state index in [2.05, 4.69) is 0 Å². The van der Waals surface area contributed by atoms with Crippen molar-refractivity contribution in [1.82, 2.24) is 0 Å². The summed E-state index contributed by atoms with van der Waals surface area (Å²) in [5, 5.41) is 0. The molecule has 0 aliphatic rings. The second-order valence-electron chi connectivity index (χ2n) is 3.79. The molecule has 0 saturated carbocycles. The molecule has 0 heterocycles. The maximum absolute atomic E-state index is 12.1. The van der Waals surface area contributed by atoms with Crippen molar-refractivity contribution in [1.29, 1.82) is 0 Å². The maximum atomic E-state index is 12.1. The molecule has 0 spiro atoms. The highest BCUT2D eigenvalue weighted by molar-refractivity contribution is 6.12. The van der Waals surface area contributed by atoms with Gasteiger partial charge in [-0.3, -0.25) is 4.79 Å². The number of anilines is 1. The minimum absolute atomic E-state index is 0.0261. The van der Waals surface area contributed by atoms with Gasteiger partial charge in [0.15, 0.2) is 5.78 Å². The van der Waals surface area contributed by atoms with Gasteiger partial charge in [0, 0.05) is 16.8 Å². The molecule has 2 aromatic carbocycles. The Morgan fingerprint density at radius 3 is 2.50 bits per heavy atom. The summed E-state index contributed by atoms with van der Waals surface area (Å²) in [6, 6.07) is 14.6. The van der Waals surface area contributed by atoms with Crippen LogP contribution in [0.25, 0.3) is 0 Å². The van der Waals surface area contributed by atoms with Gasteiger partial charge in [-0.15, -0.1) is 0 Å². The third-order valence-electron chi connectivity index (χ3n) is 2.49. The standard InChI is InChI=1S/C14H13NO/c1-10-5-4-6-11(9-10)14(16)12-7-2-3-8-13(12)15/h2-9H,15H2,1H3. The van der Waals surface area contributed by atoms with E-state index in [1.54, 1.807) is 12.1 Å². The summed E-state index contributed by atoms with van der Waals surface area (Å²) in [5.74, 6) is -0.0261. The minimum atomic E-state index is -0.0261. The molecule has 0 aromatic heterocycles. The Bertz CT molecular complexity index is 532. The van der Waals surface area contributed by atoms with E-state index in [0.29, 0.717) is 16.8 Å². The van der Waals surface area contributed by atoms with Crippen LogP contribution in [-0.4, -0.2) is 5.78 Å². The lowest BCUT2D eigenvalue weighted by atomic mass is 10.0. The third kappa shape index (κ3) is 1.96. The van der Waals surface area contributed by atoms with Crippen LogP contribution in [-0.2, 0) is 0 Å². The van der Waals surface area contributed by atoms with Crippen LogP contribution in [0.5, 0.6) is 0 Å². The van der Waals surface area contributed by atoms with E-state index >= 15 is 0 Å². The fourth-order valence-corrected chi connectivity index (χ4v) is 1.65. The van der Waals surface area contributed by atoms with Crippen LogP contribution in [0.4, 0.5) is 5.69 Å². The van der Waals surface area contributed by atoms with E-state index in [1.165, 1.54) is 0 Å². The van der Waals surface area contributed by atoms with Gasteiger partial charge in [0.2, 0.25) is 0 Å². The summed E-state index contributed by atoms with van der Waals surface area (Å²) in [6.45, 7) is 1.96. The van der Waals surface area contributed by atoms with Crippen molar-refractivity contribution in [3.05, 3.63) is 65.2 Å². The average Bonchev–Trinajstić information content (AvgIpc) is 2.29. The first kappa shape index (κ1) is 10.4. The van der Waals surface area contributed by atoms with Crippen LogP contribution in [0.3, 0.4) is 0 Å². The van der Waals surface area contributed by atoms with Gasteiger partial charge in [0.1, 0.15) is 0 Å². The van der Waals surface area contributed by atoms with Crippen molar-refractivity contribution in [3.63, 3.8) is 0 Å². The predicted molar refractivity (Wildman–Crippen MR) is 65.5 cm³/mol. The summed E-state index contributed by atoms with van der Waals surface area (Å²) >= 11 is 0. The van der Waals surface area contributed by atoms with Crippen LogP contribution in [0, 0.1) is 6.92 Å². The number of carbonyl (C=O) groups excluding carboxylic acids is 1. The molecular weight excluding hydrogens is 198 g/mol. The molecule has 0 atom stereocenters. The molecule has 0 bridgehead atoms. The van der Waals surface area contributed by atoms with Crippen molar-refractivity contribution in [2.45, 2.75) is 6.92 Å². The van der Waals surface area contributed by atoms with Crippen LogP contribution in [0.15, 0.2) is 48.5 Å². The van der Waals surface area contributed by atoms with E-state index < -0.39 is 0 Å². The summed E-state index contributed by atoms with van der Waals surface area (Å²) in [5.41, 5.74) is 8.61. The van der Waals surface area contributed by atoms with Gasteiger partial charge in [0.25, 0.3) is 0 Å². The lowest BCUT2D eigenvalue weighted by Crippen LogP contribution is -2.05. The average molecular weight is 211 g/mol. The molecule has 0 radical (unpaired) electrons. The van der Waals surface area contributed by atoms with Gasteiger partial charge >= 0.3 is 0 Å². The van der Waals surface area contributed by atoms with Crippen molar-refractivity contribution in [3.8, 4) is 0 Å². The van der Waals surface area contributed by atoms with E-state index in [1.807, 2.05) is 43.3 Å². The Morgan fingerprint density at radius 1 is 1.06 bits per heavy atom. The Kier molecular flexibility index (Phi) is 2.73. The highest BCUT2D eigenvalue weighted by atomic mass is 16.1. The molecule has 2 N–H and O–H groups in total. The number of hydrogen-bond acceptors (Lipinski definition) is 2. The number of nitrogen functional groups attached to an aromatic ring is 1. The van der Waals surface area contributed by atoms with Gasteiger partial charge in [-0.05, 0) is 25.1 Å². The predicted octanol–water partition coefficient (Wildman–Crippen LogP) is 2.81. The highest BCUT2D eigenvalue weighted by Crippen LogP contribution is 2.16. The largest absolute Gasteiger partial charge is 0.398 e. The van der Waals surface area contributed by atoms with Crippen LogP contribution in [0.2, 0.25) is 0 Å². The summed E-state index contributed by atoms with van der Waals surface area (Å²) in [4.78, 5) is 12.1. The zero-order chi connectivity index (χ0) is 11.5. The SMILES string of the molecule is Cc1cccc(C(=O)c2ccccc2N)c1. The van der Waals surface area contributed by atoms with Crippen LogP contribution >= 0.6 is 0 Å². The van der Waals surface area contributed by atoms with E-state index in [9.17, 15) is 4.79 Å². The zero-order valence-electron chi connectivity index (χ0n) is 9.10. The smallest absolute Gasteiger partial charge is 0.195 e. The number of hydrogen-bond donors (Lipinski definition) is 1. The fraction of sp³-hybridized carbons (Fsp3) is 0.0714. The first-order valence-corrected chi connectivity index (χ1v) is 5.14. The van der Waals surface area contributed by atoms with Crippen molar-refractivity contribution in [2.24, 2.45) is 0 Å². The molecule has 0 unspecified atom stereocenters. The second-order valence-corrected chi connectivity index (χ2v) is 3.79. The zero-order valence-corrected chi connectivity index (χ0v) is 9.10. The monoisotopic (exact) mass is 211 g/mol. The van der Waals surface area contributed by atoms with Gasteiger partial charge in [-0.25, -0.2) is 0 Å². The van der Waals surface area contributed by atoms with Crippen LogP contribution < -0.4 is 5.73 Å². The maximum Gasteiger partial charge on any atom is 0.195 e. The number of rotatable bonds is 2. The van der Waals surface area contributed by atoms with Gasteiger partial charge < -0.3 is 5.73 Å². The number of aryl methyl sites for hydroxylation is 1. The molecule has 0 fully saturated rings. The van der Waals surface area contributed by atoms with Crippen LogP contribution in [0.1, 0.15) is 21.5 Å². The lowest BCUT2D eigenvalue weighted by Gasteiger charge is -2.04. The molecule has 2 heteroatoms. The number of para-hydroxylation sites is 1. The molecule has 2 rings (SSSR count). The number of carbonyl (C=O) groups is 1. The van der Waals surface area contributed by atoms with E-state index in [4.69, 9.17) is 5.73 Å². The molecule has 0 amide bonds. The Labute approximate surface area is 94.7 Å². The van der Waals surface area contributed by atoms with E-state index in [0.717, 1.165) is 5.56 Å². The first-order chi connectivity index (χ1) is 7.68. The molecule has 2 nitrogen and oxygen atoms in total. The van der Waals surface area contributed by atoms with Gasteiger partial charge in [-0.1, -0.05) is 35.9 Å². The fourth-order valence-electron chi connectivity index (χ4n) is 1.65. The van der Waals surface area contributed by atoms with Gasteiger partial charge in [-0.2, -0.15) is 0 Å². The Morgan fingerprint density at radius 2 is 1.81 bits per heavy atom. The Balaban J connectivity index is 2.44. The molecule has 80 valence electrons. The molecule has 16 heavy (non-hydrogen) atoms. The summed E-state index contributed by atoms with van der Waals surface area (Å²) < 4.78 is 0. The van der Waals surface area contributed by atoms with Gasteiger partial charge in [0.05, 0.1) is 0 Å². The molecule has 0 aliphatic heterocycles. The molecule has 2 aromatic rings. The normalized spacial score (nSPS) is 10.1. The lowest BCUT2D eigenvalue weighted by molar-refractivity contribution is 0.103. The summed E-state index contributed by atoms with van der Waals surface area (Å²) in [6.07, 6.45) is 0. The Hall–Kier alpha value is -2.09. The minimum Gasteiger partial charge on any atom is -0.398 e. The van der Waals surface area contributed by atoms with E-state index in [-0.39, 0.29) is 5.78 Å². The second kappa shape index (κ2) is 4.19. The topological polar surface area (TPSA) is 43.1 Å². The molecule has 0 aliphatic carbocycles. The number of ketones is 1. The van der Waals surface area contributed by atoms with Crippen molar-refractivity contribution in [2.75, 3.05) is 5.73 Å².